The van der Waals surface area contributed by atoms with Crippen LogP contribution in [0.15, 0.2) is 33.5 Å². The Morgan fingerprint density at radius 2 is 1.83 bits per heavy atom. The highest BCUT2D eigenvalue weighted by molar-refractivity contribution is 9.10. The molecular weight excluding hydrogens is 424 g/mol. The molecule has 8 heteroatoms. The van der Waals surface area contributed by atoms with Gasteiger partial charge in [-0.05, 0) is 47.0 Å². The van der Waals surface area contributed by atoms with Gasteiger partial charge in [0.15, 0.2) is 21.7 Å². The smallest absolute Gasteiger partial charge is 0.179 e. The van der Waals surface area contributed by atoms with Gasteiger partial charge in [-0.25, -0.2) is 20.8 Å². The Kier molecular flexibility index (Phi) is 4.93. The molecule has 0 saturated carbocycles. The van der Waals surface area contributed by atoms with Crippen LogP contribution >= 0.6 is 31.9 Å². The Labute approximate surface area is 150 Å². The first-order valence-electron chi connectivity index (χ1n) is 7.26. The zero-order chi connectivity index (χ0) is 16.4. The van der Waals surface area contributed by atoms with Gasteiger partial charge in [-0.2, -0.15) is 0 Å². The molecule has 0 aliphatic carbocycles. The Balaban J connectivity index is 1.92. The Bertz CT molecular complexity index is 828. The molecule has 0 bridgehead atoms. The van der Waals surface area contributed by atoms with E-state index in [4.69, 9.17) is 5.84 Å². The molecule has 0 unspecified atom stereocenters. The minimum absolute atomic E-state index is 0.550. The predicted molar refractivity (Wildman–Crippen MR) is 98.1 cm³/mol. The average molecular weight is 440 g/mol. The van der Waals surface area contributed by atoms with Crippen LogP contribution in [0.25, 0.3) is 11.2 Å². The minimum atomic E-state index is 0.550. The zero-order valence-corrected chi connectivity index (χ0v) is 15.7. The summed E-state index contributed by atoms with van der Waals surface area (Å²) in [5.74, 6) is 6.89. The summed E-state index contributed by atoms with van der Waals surface area (Å²) in [5.41, 5.74) is 5.33. The van der Waals surface area contributed by atoms with Gasteiger partial charge < -0.3 is 9.99 Å². The summed E-state index contributed by atoms with van der Waals surface area (Å²) in [6, 6.07) is 8.26. The molecule has 120 valence electrons. The van der Waals surface area contributed by atoms with E-state index in [0.29, 0.717) is 11.3 Å². The second-order valence-corrected chi connectivity index (χ2v) is 6.68. The van der Waals surface area contributed by atoms with Crippen molar-refractivity contribution in [2.45, 2.75) is 26.3 Å². The van der Waals surface area contributed by atoms with Crippen LogP contribution in [0, 0.1) is 0 Å². The zero-order valence-electron chi connectivity index (χ0n) is 12.6. The van der Waals surface area contributed by atoms with Crippen LogP contribution in [0.3, 0.4) is 0 Å². The van der Waals surface area contributed by atoms with Gasteiger partial charge in [0, 0.05) is 17.4 Å². The number of anilines is 1. The highest BCUT2D eigenvalue weighted by Crippen LogP contribution is 2.24. The van der Waals surface area contributed by atoms with Gasteiger partial charge in [0.1, 0.15) is 5.82 Å². The van der Waals surface area contributed by atoms with Crippen LogP contribution in [0.5, 0.6) is 0 Å². The molecule has 0 fully saturated rings. The van der Waals surface area contributed by atoms with E-state index in [1.807, 2.05) is 23.6 Å². The number of hydrogen-bond donors (Lipinski definition) is 2. The number of nitrogen functional groups attached to an aromatic ring is 1. The van der Waals surface area contributed by atoms with E-state index in [-0.39, 0.29) is 0 Å². The van der Waals surface area contributed by atoms with Crippen LogP contribution in [0.1, 0.15) is 18.3 Å². The third kappa shape index (κ3) is 3.39. The quantitative estimate of drug-likeness (QED) is 0.361. The van der Waals surface area contributed by atoms with E-state index in [1.54, 1.807) is 0 Å². The van der Waals surface area contributed by atoms with Crippen LogP contribution in [0.2, 0.25) is 0 Å². The number of fused-ring (bicyclic) bond motifs is 1. The van der Waals surface area contributed by atoms with Gasteiger partial charge in [-0.1, -0.05) is 28.1 Å². The lowest BCUT2D eigenvalue weighted by atomic mass is 10.1. The van der Waals surface area contributed by atoms with Crippen molar-refractivity contribution in [3.8, 4) is 0 Å². The summed E-state index contributed by atoms with van der Waals surface area (Å²) >= 11 is 6.90. The predicted octanol–water partition coefficient (Wildman–Crippen LogP) is 3.44. The van der Waals surface area contributed by atoms with E-state index in [0.717, 1.165) is 40.1 Å². The first kappa shape index (κ1) is 16.4. The topological polar surface area (TPSA) is 81.7 Å². The van der Waals surface area contributed by atoms with Gasteiger partial charge in [-0.15, -0.1) is 0 Å². The lowest BCUT2D eigenvalue weighted by Gasteiger charge is -2.07. The fourth-order valence-electron chi connectivity index (χ4n) is 2.42. The molecular formula is C15H16Br2N6. The molecule has 1 aromatic carbocycles. The molecule has 0 radical (unpaired) electrons. The van der Waals surface area contributed by atoms with Crippen molar-refractivity contribution in [2.24, 2.45) is 5.84 Å². The molecule has 0 saturated heterocycles. The number of benzene rings is 1. The van der Waals surface area contributed by atoms with Gasteiger partial charge >= 0.3 is 0 Å². The number of rotatable bonds is 5. The summed E-state index contributed by atoms with van der Waals surface area (Å²) in [6.45, 7) is 2.81. The van der Waals surface area contributed by atoms with Crippen LogP contribution in [0.4, 0.5) is 5.82 Å². The summed E-state index contributed by atoms with van der Waals surface area (Å²) in [4.78, 5) is 13.6. The molecule has 3 N–H and O–H groups in total. The molecule has 0 aliphatic rings. The van der Waals surface area contributed by atoms with Crippen molar-refractivity contribution in [3.63, 3.8) is 0 Å². The molecule has 2 aromatic heterocycles. The van der Waals surface area contributed by atoms with E-state index in [1.165, 1.54) is 5.56 Å². The number of aromatic nitrogens is 4. The van der Waals surface area contributed by atoms with Crippen LogP contribution < -0.4 is 11.3 Å². The van der Waals surface area contributed by atoms with E-state index >= 15 is 0 Å². The molecule has 2 heterocycles. The maximum absolute atomic E-state index is 5.60. The highest BCUT2D eigenvalue weighted by Gasteiger charge is 2.15. The molecule has 0 spiro atoms. The average Bonchev–Trinajstić information content (AvgIpc) is 2.88. The maximum atomic E-state index is 5.60. The van der Waals surface area contributed by atoms with Crippen molar-refractivity contribution in [3.05, 3.63) is 44.9 Å². The summed E-state index contributed by atoms with van der Waals surface area (Å²) in [6.07, 6.45) is 1.60. The fraction of sp³-hybridized carbons (Fsp3) is 0.267. The number of hydrazine groups is 1. The molecule has 0 aliphatic heterocycles. The van der Waals surface area contributed by atoms with Crippen LogP contribution in [-0.2, 0) is 19.4 Å². The van der Waals surface area contributed by atoms with Gasteiger partial charge in [0.25, 0.3) is 0 Å². The maximum Gasteiger partial charge on any atom is 0.179 e. The van der Waals surface area contributed by atoms with Crippen molar-refractivity contribution in [1.82, 2.24) is 19.5 Å². The number of aryl methyl sites for hydroxylation is 3. The fourth-order valence-corrected chi connectivity index (χ4v) is 3.28. The monoisotopic (exact) mass is 438 g/mol. The number of imidazole rings is 1. The Morgan fingerprint density at radius 3 is 2.48 bits per heavy atom. The molecule has 6 nitrogen and oxygen atoms in total. The van der Waals surface area contributed by atoms with E-state index in [2.05, 4.69) is 64.4 Å². The number of hydrogen-bond acceptors (Lipinski definition) is 5. The minimum Gasteiger partial charge on any atom is -0.306 e. The number of halogens is 2. The van der Waals surface area contributed by atoms with Crippen molar-refractivity contribution in [2.75, 3.05) is 5.43 Å². The number of nitrogens with zero attached hydrogens (tertiary/aromatic N) is 4. The molecule has 0 amide bonds. The molecule has 3 aromatic rings. The largest absolute Gasteiger partial charge is 0.306 e. The van der Waals surface area contributed by atoms with Crippen molar-refractivity contribution in [1.29, 1.82) is 0 Å². The summed E-state index contributed by atoms with van der Waals surface area (Å²) < 4.78 is 3.79. The van der Waals surface area contributed by atoms with Gasteiger partial charge in [0.05, 0.1) is 0 Å². The molecule has 23 heavy (non-hydrogen) atoms. The third-order valence-corrected chi connectivity index (χ3v) is 4.73. The standard InChI is InChI=1S/C15H16Br2N6/c1-2-23-14-12(21-15(23)17)13(22-18)19-11(20-14)8-5-9-3-6-10(16)7-4-9/h3-4,6-7H,2,5,8,18H2,1H3,(H,19,20,22). The highest BCUT2D eigenvalue weighted by atomic mass is 79.9. The first-order chi connectivity index (χ1) is 11.1. The van der Waals surface area contributed by atoms with Crippen LogP contribution in [-0.4, -0.2) is 19.5 Å². The normalized spacial score (nSPS) is 11.1. The number of nitrogens with two attached hydrogens (primary N) is 1. The lowest BCUT2D eigenvalue weighted by Crippen LogP contribution is -2.12. The second kappa shape index (κ2) is 6.94. The van der Waals surface area contributed by atoms with Crippen molar-refractivity contribution >= 4 is 48.8 Å². The Morgan fingerprint density at radius 1 is 1.09 bits per heavy atom. The van der Waals surface area contributed by atoms with Gasteiger partial charge in [0.2, 0.25) is 0 Å². The van der Waals surface area contributed by atoms with Gasteiger partial charge in [-0.3, -0.25) is 0 Å². The molecule has 3 rings (SSSR count). The SMILES string of the molecule is CCn1c(Br)nc2c(NN)nc(CCc3ccc(Br)cc3)nc21. The lowest BCUT2D eigenvalue weighted by molar-refractivity contribution is 0.750. The summed E-state index contributed by atoms with van der Waals surface area (Å²) in [5, 5.41) is 0. The number of nitrogens with one attached hydrogen (secondary N) is 1. The summed E-state index contributed by atoms with van der Waals surface area (Å²) in [7, 11) is 0. The van der Waals surface area contributed by atoms with Crippen molar-refractivity contribution < 1.29 is 0 Å². The molecule has 0 atom stereocenters. The van der Waals surface area contributed by atoms with E-state index < -0.39 is 0 Å². The van der Waals surface area contributed by atoms with E-state index in [9.17, 15) is 0 Å². The second-order valence-electron chi connectivity index (χ2n) is 5.06. The Hall–Kier alpha value is -1.51. The first-order valence-corrected chi connectivity index (χ1v) is 8.84. The third-order valence-electron chi connectivity index (χ3n) is 3.60.